The molecule has 0 spiro atoms. The van der Waals surface area contributed by atoms with Gasteiger partial charge in [-0.15, -0.1) is 0 Å². The zero-order valence-corrected chi connectivity index (χ0v) is 10.1. The minimum Gasteiger partial charge on any atom is -0.395 e. The Morgan fingerprint density at radius 1 is 1.50 bits per heavy atom. The summed E-state index contributed by atoms with van der Waals surface area (Å²) in [5.41, 5.74) is -0.487. The SMILES string of the molecule is CC1(OCC(=O)N(CCO)CC(F)(F)F)CNC1. The molecule has 5 nitrogen and oxygen atoms in total. The van der Waals surface area contributed by atoms with Crippen LogP contribution in [0, 0.1) is 0 Å². The molecule has 0 aromatic carbocycles. The normalized spacial score (nSPS) is 18.3. The number of rotatable bonds is 6. The third-order valence-corrected chi connectivity index (χ3v) is 2.63. The molecule has 0 atom stereocenters. The van der Waals surface area contributed by atoms with Gasteiger partial charge in [-0.05, 0) is 6.92 Å². The fraction of sp³-hybridized carbons (Fsp3) is 0.900. The summed E-state index contributed by atoms with van der Waals surface area (Å²) in [5.74, 6) is -0.769. The lowest BCUT2D eigenvalue weighted by Gasteiger charge is -2.39. The molecule has 0 saturated carbocycles. The average molecular weight is 270 g/mol. The molecule has 1 amide bonds. The van der Waals surface area contributed by atoms with E-state index in [1.807, 2.05) is 0 Å². The van der Waals surface area contributed by atoms with Crippen molar-refractivity contribution in [2.75, 3.05) is 39.4 Å². The van der Waals surface area contributed by atoms with Gasteiger partial charge < -0.3 is 20.1 Å². The van der Waals surface area contributed by atoms with Crippen molar-refractivity contribution in [1.82, 2.24) is 10.2 Å². The predicted octanol–water partition coefficient (Wildman–Crippen LogP) is -0.252. The van der Waals surface area contributed by atoms with Crippen LogP contribution >= 0.6 is 0 Å². The van der Waals surface area contributed by atoms with Gasteiger partial charge in [-0.3, -0.25) is 4.79 Å². The number of nitrogens with zero attached hydrogens (tertiary/aromatic N) is 1. The third kappa shape index (κ3) is 4.79. The third-order valence-electron chi connectivity index (χ3n) is 2.63. The van der Waals surface area contributed by atoms with Crippen molar-refractivity contribution in [3.8, 4) is 0 Å². The van der Waals surface area contributed by atoms with Crippen LogP contribution < -0.4 is 5.32 Å². The summed E-state index contributed by atoms with van der Waals surface area (Å²) in [5, 5.41) is 11.6. The molecule has 1 aliphatic rings. The first-order valence-electron chi connectivity index (χ1n) is 5.56. The molecule has 106 valence electrons. The van der Waals surface area contributed by atoms with Gasteiger partial charge in [-0.1, -0.05) is 0 Å². The number of amides is 1. The van der Waals surface area contributed by atoms with Crippen LogP contribution in [0.4, 0.5) is 13.2 Å². The molecule has 1 fully saturated rings. The van der Waals surface area contributed by atoms with Crippen LogP contribution in [-0.4, -0.2) is 67.1 Å². The number of aliphatic hydroxyl groups is 1. The van der Waals surface area contributed by atoms with Crippen LogP contribution in [0.5, 0.6) is 0 Å². The Kier molecular flexibility index (Phi) is 4.94. The van der Waals surface area contributed by atoms with Gasteiger partial charge in [0.15, 0.2) is 0 Å². The highest BCUT2D eigenvalue weighted by Gasteiger charge is 2.36. The minimum absolute atomic E-state index is 0.351. The molecule has 18 heavy (non-hydrogen) atoms. The van der Waals surface area contributed by atoms with Crippen molar-refractivity contribution < 1.29 is 27.8 Å². The van der Waals surface area contributed by atoms with Gasteiger partial charge in [0, 0.05) is 19.6 Å². The number of carbonyl (C=O) groups is 1. The van der Waals surface area contributed by atoms with Crippen molar-refractivity contribution in [1.29, 1.82) is 0 Å². The smallest absolute Gasteiger partial charge is 0.395 e. The van der Waals surface area contributed by atoms with Crippen molar-refractivity contribution in [3.05, 3.63) is 0 Å². The van der Waals surface area contributed by atoms with Crippen LogP contribution in [0.15, 0.2) is 0 Å². The highest BCUT2D eigenvalue weighted by molar-refractivity contribution is 5.77. The van der Waals surface area contributed by atoms with E-state index >= 15 is 0 Å². The van der Waals surface area contributed by atoms with Crippen LogP contribution in [0.2, 0.25) is 0 Å². The van der Waals surface area contributed by atoms with Gasteiger partial charge in [-0.2, -0.15) is 13.2 Å². The van der Waals surface area contributed by atoms with Gasteiger partial charge in [0.05, 0.1) is 12.2 Å². The monoisotopic (exact) mass is 270 g/mol. The quantitative estimate of drug-likeness (QED) is 0.698. The highest BCUT2D eigenvalue weighted by atomic mass is 19.4. The Hall–Kier alpha value is -0.860. The van der Waals surface area contributed by atoms with Crippen molar-refractivity contribution in [3.63, 3.8) is 0 Å². The second-order valence-electron chi connectivity index (χ2n) is 4.50. The molecular formula is C10H17F3N2O3. The van der Waals surface area contributed by atoms with E-state index in [4.69, 9.17) is 9.84 Å². The molecule has 1 heterocycles. The maximum atomic E-state index is 12.2. The van der Waals surface area contributed by atoms with Crippen molar-refractivity contribution >= 4 is 5.91 Å². The molecule has 0 bridgehead atoms. The summed E-state index contributed by atoms with van der Waals surface area (Å²) in [4.78, 5) is 12.1. The molecule has 0 unspecified atom stereocenters. The van der Waals surface area contributed by atoms with E-state index in [2.05, 4.69) is 5.32 Å². The summed E-state index contributed by atoms with van der Waals surface area (Å²) < 4.78 is 41.9. The maximum absolute atomic E-state index is 12.2. The van der Waals surface area contributed by atoms with Crippen LogP contribution in [0.25, 0.3) is 0 Å². The summed E-state index contributed by atoms with van der Waals surface area (Å²) in [6.45, 7) is 0.270. The molecule has 0 aromatic heterocycles. The Morgan fingerprint density at radius 2 is 2.11 bits per heavy atom. The molecule has 1 aliphatic heterocycles. The van der Waals surface area contributed by atoms with E-state index in [9.17, 15) is 18.0 Å². The van der Waals surface area contributed by atoms with Crippen LogP contribution in [0.1, 0.15) is 6.92 Å². The summed E-state index contributed by atoms with van der Waals surface area (Å²) >= 11 is 0. The van der Waals surface area contributed by atoms with Gasteiger partial charge in [0.25, 0.3) is 0 Å². The lowest BCUT2D eigenvalue weighted by Crippen LogP contribution is -2.60. The van der Waals surface area contributed by atoms with Crippen molar-refractivity contribution in [2.24, 2.45) is 0 Å². The van der Waals surface area contributed by atoms with E-state index < -0.39 is 37.4 Å². The predicted molar refractivity (Wildman–Crippen MR) is 56.9 cm³/mol. The van der Waals surface area contributed by atoms with E-state index in [0.29, 0.717) is 18.0 Å². The van der Waals surface area contributed by atoms with Crippen LogP contribution in [-0.2, 0) is 9.53 Å². The molecule has 0 aliphatic carbocycles. The van der Waals surface area contributed by atoms with E-state index in [1.165, 1.54) is 0 Å². The summed E-state index contributed by atoms with van der Waals surface area (Å²) in [6, 6.07) is 0. The van der Waals surface area contributed by atoms with Crippen LogP contribution in [0.3, 0.4) is 0 Å². The number of nitrogens with one attached hydrogen (secondary N) is 1. The summed E-state index contributed by atoms with van der Waals surface area (Å²) in [7, 11) is 0. The molecule has 2 N–H and O–H groups in total. The second-order valence-corrected chi connectivity index (χ2v) is 4.50. The lowest BCUT2D eigenvalue weighted by molar-refractivity contribution is -0.169. The number of ether oxygens (including phenoxy) is 1. The Labute approximate surface area is 103 Å². The fourth-order valence-corrected chi connectivity index (χ4v) is 1.54. The highest BCUT2D eigenvalue weighted by Crippen LogP contribution is 2.18. The van der Waals surface area contributed by atoms with Crippen molar-refractivity contribution in [2.45, 2.75) is 18.7 Å². The molecule has 8 heteroatoms. The molecule has 1 saturated heterocycles. The molecule has 0 radical (unpaired) electrons. The van der Waals surface area contributed by atoms with Gasteiger partial charge >= 0.3 is 6.18 Å². The zero-order valence-electron chi connectivity index (χ0n) is 10.1. The number of halogens is 3. The number of hydrogen-bond acceptors (Lipinski definition) is 4. The first-order chi connectivity index (χ1) is 8.26. The largest absolute Gasteiger partial charge is 0.406 e. The van der Waals surface area contributed by atoms with Gasteiger partial charge in [0.1, 0.15) is 13.2 Å². The van der Waals surface area contributed by atoms with E-state index in [1.54, 1.807) is 6.92 Å². The molecule has 0 aromatic rings. The zero-order chi connectivity index (χ0) is 13.8. The first-order valence-corrected chi connectivity index (χ1v) is 5.56. The average Bonchev–Trinajstić information content (AvgIpc) is 2.21. The number of hydrogen-bond donors (Lipinski definition) is 2. The minimum atomic E-state index is -4.48. The summed E-state index contributed by atoms with van der Waals surface area (Å²) in [6.07, 6.45) is -4.48. The maximum Gasteiger partial charge on any atom is 0.406 e. The Bertz CT molecular complexity index is 293. The first kappa shape index (κ1) is 15.2. The molecular weight excluding hydrogens is 253 g/mol. The Morgan fingerprint density at radius 3 is 2.50 bits per heavy atom. The molecule has 1 rings (SSSR count). The number of aliphatic hydroxyl groups excluding tert-OH is 1. The van der Waals surface area contributed by atoms with Gasteiger partial charge in [0.2, 0.25) is 5.91 Å². The van der Waals surface area contributed by atoms with Gasteiger partial charge in [-0.25, -0.2) is 0 Å². The topological polar surface area (TPSA) is 61.8 Å². The Balaban J connectivity index is 2.43. The van der Waals surface area contributed by atoms with E-state index in [-0.39, 0.29) is 6.54 Å². The number of carbonyl (C=O) groups excluding carboxylic acids is 1. The van der Waals surface area contributed by atoms with E-state index in [0.717, 1.165) is 0 Å². The number of alkyl halides is 3. The fourth-order valence-electron chi connectivity index (χ4n) is 1.54. The lowest BCUT2D eigenvalue weighted by atomic mass is 10.0. The standard InChI is InChI=1S/C10H17F3N2O3/c1-9(5-14-6-9)18-4-8(17)15(2-3-16)7-10(11,12)13/h14,16H,2-7H2,1H3. The second kappa shape index (κ2) is 5.85.